The number of halogens is 4. The van der Waals surface area contributed by atoms with Crippen LogP contribution in [0, 0.1) is 27.7 Å². The van der Waals surface area contributed by atoms with Gasteiger partial charge in [-0.3, -0.25) is 9.59 Å². The summed E-state index contributed by atoms with van der Waals surface area (Å²) < 4.78 is 11.7. The molecule has 2 atom stereocenters. The number of anilines is 2. The molecule has 0 radical (unpaired) electrons. The van der Waals surface area contributed by atoms with Gasteiger partial charge < -0.3 is 30.3 Å². The molecule has 2 unspecified atom stereocenters. The summed E-state index contributed by atoms with van der Waals surface area (Å²) in [6, 6.07) is 14.6. The summed E-state index contributed by atoms with van der Waals surface area (Å²) in [7, 11) is 0. The van der Waals surface area contributed by atoms with Crippen molar-refractivity contribution in [2.45, 2.75) is 99.7 Å². The molecule has 0 aliphatic carbocycles. The summed E-state index contributed by atoms with van der Waals surface area (Å²) in [5.41, 5.74) is 5.79. The number of unbranched alkanes of at least 4 members (excludes halogenated alkanes) is 1. The Morgan fingerprint density at radius 1 is 0.679 bits per heavy atom. The molecule has 0 saturated carbocycles. The van der Waals surface area contributed by atoms with Crippen LogP contribution in [0.3, 0.4) is 0 Å². The van der Waals surface area contributed by atoms with E-state index in [2.05, 4.69) is 17.6 Å². The second-order valence-corrected chi connectivity index (χ2v) is 14.4. The van der Waals surface area contributed by atoms with E-state index >= 15 is 0 Å². The van der Waals surface area contributed by atoms with Gasteiger partial charge in [-0.2, -0.15) is 0 Å². The van der Waals surface area contributed by atoms with E-state index in [4.69, 9.17) is 55.9 Å². The predicted molar refractivity (Wildman–Crippen MR) is 218 cm³/mol. The van der Waals surface area contributed by atoms with Crippen molar-refractivity contribution in [2.75, 3.05) is 10.6 Å². The maximum Gasteiger partial charge on any atom is 0.265 e. The molecule has 12 heteroatoms. The quantitative estimate of drug-likeness (QED) is 0.1000. The number of rotatable bonds is 13. The summed E-state index contributed by atoms with van der Waals surface area (Å²) in [5, 5.41) is 27.0. The van der Waals surface area contributed by atoms with Gasteiger partial charge in [0.05, 0.1) is 21.4 Å². The first-order valence-electron chi connectivity index (χ1n) is 17.5. The molecule has 0 bridgehead atoms. The zero-order valence-electron chi connectivity index (χ0n) is 31.3. The van der Waals surface area contributed by atoms with Crippen molar-refractivity contribution in [1.29, 1.82) is 0 Å². The fourth-order valence-corrected chi connectivity index (χ4v) is 6.92. The summed E-state index contributed by atoms with van der Waals surface area (Å²) in [4.78, 5) is 25.3. The van der Waals surface area contributed by atoms with Gasteiger partial charge in [0.15, 0.2) is 23.7 Å². The van der Waals surface area contributed by atoms with Crippen LogP contribution in [0.4, 0.5) is 11.4 Å². The predicted octanol–water partition coefficient (Wildman–Crippen LogP) is 11.7. The van der Waals surface area contributed by atoms with Crippen molar-refractivity contribution in [3.8, 4) is 23.0 Å². The number of hydrogen-bond acceptors (Lipinski definition) is 6. The molecule has 2 amide bonds. The molecule has 0 fully saturated rings. The average molecular weight is 807 g/mol. The number of benzene rings is 4. The zero-order valence-corrected chi connectivity index (χ0v) is 34.4. The highest BCUT2D eigenvalue weighted by Crippen LogP contribution is 2.41. The van der Waals surface area contributed by atoms with Crippen LogP contribution in [0.2, 0.25) is 20.1 Å². The molecule has 0 aliphatic heterocycles. The largest absolute Gasteiger partial charge is 0.504 e. The Bertz CT molecular complexity index is 1930. The summed E-state index contributed by atoms with van der Waals surface area (Å²) >= 11 is 24.7. The van der Waals surface area contributed by atoms with Crippen molar-refractivity contribution in [3.63, 3.8) is 0 Å². The molecule has 53 heavy (non-hydrogen) atoms. The van der Waals surface area contributed by atoms with Crippen LogP contribution in [-0.2, 0) is 22.4 Å². The van der Waals surface area contributed by atoms with Gasteiger partial charge in [-0.1, -0.05) is 109 Å². The molecule has 0 aliphatic rings. The Balaban J connectivity index is 0.000000287. The molecule has 4 N–H and O–H groups in total. The van der Waals surface area contributed by atoms with E-state index in [0.29, 0.717) is 51.9 Å². The van der Waals surface area contributed by atoms with Crippen LogP contribution in [0.5, 0.6) is 23.0 Å². The van der Waals surface area contributed by atoms with E-state index in [1.54, 1.807) is 6.92 Å². The molecule has 0 aromatic heterocycles. The molecule has 0 spiro atoms. The van der Waals surface area contributed by atoms with E-state index in [-0.39, 0.29) is 38.8 Å². The summed E-state index contributed by atoms with van der Waals surface area (Å²) in [6.45, 7) is 15.3. The summed E-state index contributed by atoms with van der Waals surface area (Å²) in [5.74, 6) is 0.164. The highest BCUT2D eigenvalue weighted by molar-refractivity contribution is 6.38. The summed E-state index contributed by atoms with van der Waals surface area (Å²) in [6.07, 6.45) is 2.04. The highest BCUT2D eigenvalue weighted by atomic mass is 35.5. The normalized spacial score (nSPS) is 11.9. The number of phenols is 2. The van der Waals surface area contributed by atoms with Gasteiger partial charge in [0.25, 0.3) is 11.8 Å². The van der Waals surface area contributed by atoms with E-state index in [1.165, 1.54) is 12.1 Å². The van der Waals surface area contributed by atoms with Gasteiger partial charge in [0.2, 0.25) is 0 Å². The standard InChI is InChI=1S/C22H27Cl2NO3.C19H21Cl2NO3/c1-5-7-8-19(28-18-10-9-13(3)11-14(18)4)22(27)25-17-12-16(23)15(6-2)20(24)21(17)26;1-5-13-14(20)9-15(18(23)17(13)21)22-19(24)12(4)25-16-7-6-10(2)8-11(16)3/h9-12,19,26H,5-8H2,1-4H3,(H,25,27);6-9,12,23H,5H2,1-4H3,(H,22,24). The Morgan fingerprint density at radius 3 is 1.53 bits per heavy atom. The third kappa shape index (κ3) is 11.6. The number of aromatic hydroxyl groups is 2. The number of ether oxygens (including phenoxy) is 2. The zero-order chi connectivity index (χ0) is 39.6. The third-order valence-corrected chi connectivity index (χ3v) is 10.0. The van der Waals surface area contributed by atoms with Gasteiger partial charge in [-0.05, 0) is 107 Å². The Morgan fingerprint density at radius 2 is 1.11 bits per heavy atom. The Hall–Kier alpha value is -3.82. The van der Waals surface area contributed by atoms with Gasteiger partial charge >= 0.3 is 0 Å². The first kappa shape index (κ1) is 43.6. The topological polar surface area (TPSA) is 117 Å². The first-order valence-corrected chi connectivity index (χ1v) is 19.0. The minimum atomic E-state index is -0.760. The van der Waals surface area contributed by atoms with Crippen LogP contribution in [0.25, 0.3) is 0 Å². The number of amides is 2. The number of carbonyl (C=O) groups is 2. The van der Waals surface area contributed by atoms with Crippen LogP contribution in [-0.4, -0.2) is 34.2 Å². The second-order valence-electron chi connectivity index (χ2n) is 12.8. The molecule has 4 rings (SSSR count). The number of aryl methyl sites for hydroxylation is 4. The van der Waals surface area contributed by atoms with Gasteiger partial charge in [0, 0.05) is 10.0 Å². The average Bonchev–Trinajstić information content (AvgIpc) is 3.10. The molecule has 0 heterocycles. The highest BCUT2D eigenvalue weighted by Gasteiger charge is 2.24. The van der Waals surface area contributed by atoms with E-state index < -0.39 is 18.1 Å². The molecule has 0 saturated heterocycles. The maximum absolute atomic E-state index is 12.9. The van der Waals surface area contributed by atoms with Gasteiger partial charge in [0.1, 0.15) is 11.5 Å². The fraction of sp³-hybridized carbons (Fsp3) is 0.366. The lowest BCUT2D eigenvalue weighted by molar-refractivity contribution is -0.123. The van der Waals surface area contributed by atoms with Crippen molar-refractivity contribution >= 4 is 69.6 Å². The van der Waals surface area contributed by atoms with Gasteiger partial charge in [-0.15, -0.1) is 0 Å². The van der Waals surface area contributed by atoms with Crippen LogP contribution < -0.4 is 20.1 Å². The number of nitrogens with one attached hydrogen (secondary N) is 2. The minimum Gasteiger partial charge on any atom is -0.504 e. The number of phenolic OH excluding ortho intramolecular Hbond substituents is 2. The Kier molecular flexibility index (Phi) is 16.5. The molecule has 8 nitrogen and oxygen atoms in total. The number of hydrogen-bond donors (Lipinski definition) is 4. The van der Waals surface area contributed by atoms with Crippen molar-refractivity contribution in [3.05, 3.63) is 102 Å². The first-order chi connectivity index (χ1) is 25.0. The fourth-order valence-electron chi connectivity index (χ4n) is 5.48. The van der Waals surface area contributed by atoms with Crippen LogP contribution >= 0.6 is 46.4 Å². The van der Waals surface area contributed by atoms with Crippen LogP contribution in [0.1, 0.15) is 80.3 Å². The molecular weight excluding hydrogens is 758 g/mol. The SMILES string of the molecule is CCCCC(Oc1ccc(C)cc1C)C(=O)Nc1cc(Cl)c(CC)c(Cl)c1O.CCc1c(Cl)cc(NC(=O)C(C)Oc2ccc(C)cc2C)c(O)c1Cl. The monoisotopic (exact) mass is 804 g/mol. The van der Waals surface area contributed by atoms with Crippen molar-refractivity contribution in [2.24, 2.45) is 0 Å². The lowest BCUT2D eigenvalue weighted by Crippen LogP contribution is -2.33. The minimum absolute atomic E-state index is 0.147. The smallest absolute Gasteiger partial charge is 0.265 e. The second kappa shape index (κ2) is 20.0. The Labute approximate surface area is 332 Å². The maximum atomic E-state index is 12.9. The molecule has 4 aromatic carbocycles. The van der Waals surface area contributed by atoms with E-state index in [9.17, 15) is 19.8 Å². The molecule has 4 aromatic rings. The number of carbonyl (C=O) groups excluding carboxylic acids is 2. The van der Waals surface area contributed by atoms with Crippen molar-refractivity contribution in [1.82, 2.24) is 0 Å². The van der Waals surface area contributed by atoms with E-state index in [0.717, 1.165) is 35.1 Å². The lowest BCUT2D eigenvalue weighted by atomic mass is 10.1. The third-order valence-electron chi connectivity index (χ3n) is 8.51. The lowest BCUT2D eigenvalue weighted by Gasteiger charge is -2.21. The van der Waals surface area contributed by atoms with Crippen LogP contribution in [0.15, 0.2) is 48.5 Å². The van der Waals surface area contributed by atoms with Crippen molar-refractivity contribution < 1.29 is 29.3 Å². The van der Waals surface area contributed by atoms with E-state index in [1.807, 2.05) is 77.9 Å². The van der Waals surface area contributed by atoms with Gasteiger partial charge in [-0.25, -0.2) is 0 Å². The molecule has 286 valence electrons. The molecular formula is C41H48Cl4N2O6.